The summed E-state index contributed by atoms with van der Waals surface area (Å²) in [5, 5.41) is 5.15. The minimum Gasteiger partial charge on any atom is -0.319 e. The highest BCUT2D eigenvalue weighted by Crippen LogP contribution is 2.25. The number of amides is 2. The molecule has 0 aliphatic carbocycles. The second-order valence-corrected chi connectivity index (χ2v) is 7.38. The Hall–Kier alpha value is -3.26. The van der Waals surface area contributed by atoms with Gasteiger partial charge in [-0.15, -0.1) is 11.3 Å². The minimum absolute atomic E-state index is 0.0894. The van der Waals surface area contributed by atoms with Crippen molar-refractivity contribution in [2.75, 3.05) is 10.3 Å². The van der Waals surface area contributed by atoms with E-state index in [1.807, 2.05) is 37.3 Å². The Balaban J connectivity index is 1.56. The number of aromatic nitrogens is 1. The molecule has 4 rings (SSSR count). The Morgan fingerprint density at radius 1 is 1.22 bits per heavy atom. The first-order valence-corrected chi connectivity index (χ1v) is 9.25. The SMILES string of the molecule is Cc1nc2ccc(NC(=O)C3=NC(C)C(=O)N(c4ccccc4)N3)cc2s1. The van der Waals surface area contributed by atoms with Crippen LogP contribution in [0.3, 0.4) is 0 Å². The number of para-hydroxylation sites is 1. The third-order valence-corrected chi connectivity index (χ3v) is 5.03. The number of benzene rings is 2. The Kier molecular flexibility index (Phi) is 4.33. The second kappa shape index (κ2) is 6.81. The molecule has 0 spiro atoms. The van der Waals surface area contributed by atoms with Gasteiger partial charge in [0.2, 0.25) is 5.84 Å². The summed E-state index contributed by atoms with van der Waals surface area (Å²) < 4.78 is 0.998. The van der Waals surface area contributed by atoms with E-state index < -0.39 is 11.9 Å². The van der Waals surface area contributed by atoms with E-state index in [1.54, 1.807) is 36.5 Å². The predicted octanol–water partition coefficient (Wildman–Crippen LogP) is 2.88. The molecule has 0 saturated carbocycles. The van der Waals surface area contributed by atoms with Gasteiger partial charge >= 0.3 is 0 Å². The number of carbonyl (C=O) groups is 2. The van der Waals surface area contributed by atoms with Crippen molar-refractivity contribution in [1.82, 2.24) is 10.4 Å². The molecule has 2 aromatic carbocycles. The lowest BCUT2D eigenvalue weighted by Crippen LogP contribution is -2.57. The van der Waals surface area contributed by atoms with Crippen LogP contribution in [0.4, 0.5) is 11.4 Å². The molecule has 8 heteroatoms. The molecular weight excluding hydrogens is 362 g/mol. The molecule has 7 nitrogen and oxygen atoms in total. The number of hydrogen-bond donors (Lipinski definition) is 2. The summed E-state index contributed by atoms with van der Waals surface area (Å²) >= 11 is 1.57. The molecule has 0 saturated heterocycles. The standard InChI is InChI=1S/C19H17N5O2S/c1-11-19(26)24(14-6-4-3-5-7-14)23-17(20-11)18(25)22-13-8-9-15-16(10-13)27-12(2)21-15/h3-11H,1-2H3,(H,20,23)(H,22,25). The van der Waals surface area contributed by atoms with E-state index >= 15 is 0 Å². The van der Waals surface area contributed by atoms with Gasteiger partial charge in [0.1, 0.15) is 6.04 Å². The first kappa shape index (κ1) is 17.2. The third-order valence-electron chi connectivity index (χ3n) is 4.10. The fraction of sp³-hybridized carbons (Fsp3) is 0.158. The number of nitrogens with one attached hydrogen (secondary N) is 2. The fourth-order valence-corrected chi connectivity index (χ4v) is 3.68. The number of nitrogens with zero attached hydrogens (tertiary/aromatic N) is 3. The summed E-state index contributed by atoms with van der Waals surface area (Å²) in [4.78, 5) is 33.7. The Morgan fingerprint density at radius 2 is 2.00 bits per heavy atom. The average molecular weight is 379 g/mol. The minimum atomic E-state index is -0.654. The van der Waals surface area contributed by atoms with E-state index in [2.05, 4.69) is 20.7 Å². The van der Waals surface area contributed by atoms with E-state index in [0.29, 0.717) is 11.4 Å². The molecule has 27 heavy (non-hydrogen) atoms. The number of amidine groups is 1. The monoisotopic (exact) mass is 379 g/mol. The van der Waals surface area contributed by atoms with Gasteiger partial charge in [-0.05, 0) is 44.2 Å². The Labute approximate surface area is 159 Å². The maximum Gasteiger partial charge on any atom is 0.292 e. The normalized spacial score (nSPS) is 16.8. The summed E-state index contributed by atoms with van der Waals surface area (Å²) in [5.74, 6) is -0.540. The lowest BCUT2D eigenvalue weighted by atomic mass is 10.2. The number of rotatable bonds is 3. The van der Waals surface area contributed by atoms with Gasteiger partial charge in [0.25, 0.3) is 11.8 Å². The van der Waals surface area contributed by atoms with Gasteiger partial charge in [0, 0.05) is 5.69 Å². The molecule has 1 aliphatic heterocycles. The largest absolute Gasteiger partial charge is 0.319 e. The van der Waals surface area contributed by atoms with Gasteiger partial charge in [-0.3, -0.25) is 15.0 Å². The van der Waals surface area contributed by atoms with Crippen molar-refractivity contribution < 1.29 is 9.59 Å². The van der Waals surface area contributed by atoms with Crippen LogP contribution in [-0.2, 0) is 9.59 Å². The quantitative estimate of drug-likeness (QED) is 0.733. The lowest BCUT2D eigenvalue weighted by molar-refractivity contribution is -0.120. The first-order valence-electron chi connectivity index (χ1n) is 8.43. The number of thiazole rings is 1. The number of carbonyl (C=O) groups excluding carboxylic acids is 2. The highest BCUT2D eigenvalue weighted by atomic mass is 32.1. The summed E-state index contributed by atoms with van der Waals surface area (Å²) in [6.07, 6.45) is 0. The lowest BCUT2D eigenvalue weighted by Gasteiger charge is -2.30. The number of anilines is 2. The van der Waals surface area contributed by atoms with Crippen molar-refractivity contribution in [3.63, 3.8) is 0 Å². The molecule has 2 amide bonds. The van der Waals surface area contributed by atoms with E-state index in [1.165, 1.54) is 5.01 Å². The number of aryl methyl sites for hydroxylation is 1. The van der Waals surface area contributed by atoms with Crippen LogP contribution < -0.4 is 15.8 Å². The molecule has 1 aliphatic rings. The van der Waals surface area contributed by atoms with E-state index in [9.17, 15) is 9.59 Å². The Morgan fingerprint density at radius 3 is 2.78 bits per heavy atom. The van der Waals surface area contributed by atoms with Gasteiger partial charge in [0.05, 0.1) is 20.9 Å². The van der Waals surface area contributed by atoms with Crippen molar-refractivity contribution in [2.24, 2.45) is 4.99 Å². The van der Waals surface area contributed by atoms with Gasteiger partial charge in [-0.2, -0.15) is 0 Å². The molecule has 3 aromatic rings. The highest BCUT2D eigenvalue weighted by molar-refractivity contribution is 7.18. The summed E-state index contributed by atoms with van der Waals surface area (Å²) in [6, 6.07) is 14.0. The topological polar surface area (TPSA) is 86.7 Å². The maximum atomic E-state index is 12.7. The third kappa shape index (κ3) is 3.39. The molecule has 136 valence electrons. The zero-order valence-corrected chi connectivity index (χ0v) is 15.6. The van der Waals surface area contributed by atoms with Gasteiger partial charge in [-0.1, -0.05) is 18.2 Å². The van der Waals surface area contributed by atoms with Crippen molar-refractivity contribution >= 4 is 50.6 Å². The van der Waals surface area contributed by atoms with Crippen LogP contribution in [0.25, 0.3) is 10.2 Å². The average Bonchev–Trinajstić information content (AvgIpc) is 3.03. The molecule has 1 atom stereocenters. The maximum absolute atomic E-state index is 12.7. The van der Waals surface area contributed by atoms with Crippen LogP contribution in [0.15, 0.2) is 53.5 Å². The van der Waals surface area contributed by atoms with Crippen molar-refractivity contribution in [2.45, 2.75) is 19.9 Å². The van der Waals surface area contributed by atoms with Gasteiger partial charge < -0.3 is 5.32 Å². The zero-order chi connectivity index (χ0) is 19.0. The van der Waals surface area contributed by atoms with Crippen LogP contribution in [0, 0.1) is 6.92 Å². The second-order valence-electron chi connectivity index (χ2n) is 6.14. The van der Waals surface area contributed by atoms with Crippen LogP contribution in [0.2, 0.25) is 0 Å². The van der Waals surface area contributed by atoms with Crippen molar-refractivity contribution in [1.29, 1.82) is 0 Å². The van der Waals surface area contributed by atoms with Gasteiger partial charge in [-0.25, -0.2) is 15.0 Å². The smallest absolute Gasteiger partial charge is 0.292 e. The highest BCUT2D eigenvalue weighted by Gasteiger charge is 2.30. The molecule has 0 radical (unpaired) electrons. The van der Waals surface area contributed by atoms with Crippen LogP contribution in [0.1, 0.15) is 11.9 Å². The summed E-state index contributed by atoms with van der Waals surface area (Å²) in [5.41, 5.74) is 5.02. The van der Waals surface area contributed by atoms with Crippen LogP contribution in [-0.4, -0.2) is 28.7 Å². The van der Waals surface area contributed by atoms with E-state index in [4.69, 9.17) is 0 Å². The van der Waals surface area contributed by atoms with Crippen molar-refractivity contribution in [3.05, 3.63) is 53.5 Å². The van der Waals surface area contributed by atoms with Crippen LogP contribution in [0.5, 0.6) is 0 Å². The first-order chi connectivity index (χ1) is 13.0. The van der Waals surface area contributed by atoms with E-state index in [0.717, 1.165) is 15.2 Å². The molecule has 1 aromatic heterocycles. The molecular formula is C19H17N5O2S. The predicted molar refractivity (Wildman–Crippen MR) is 107 cm³/mol. The molecule has 2 N–H and O–H groups in total. The number of aliphatic imine (C=N–C) groups is 1. The Bertz CT molecular complexity index is 1060. The van der Waals surface area contributed by atoms with Crippen LogP contribution >= 0.6 is 11.3 Å². The van der Waals surface area contributed by atoms with Crippen molar-refractivity contribution in [3.8, 4) is 0 Å². The molecule has 0 fully saturated rings. The number of hydrogen-bond acceptors (Lipinski definition) is 6. The zero-order valence-electron chi connectivity index (χ0n) is 14.8. The van der Waals surface area contributed by atoms with Gasteiger partial charge in [0.15, 0.2) is 0 Å². The fourth-order valence-electron chi connectivity index (χ4n) is 2.81. The van der Waals surface area contributed by atoms with E-state index in [-0.39, 0.29) is 11.7 Å². The number of fused-ring (bicyclic) bond motifs is 1. The summed E-state index contributed by atoms with van der Waals surface area (Å²) in [6.45, 7) is 3.61. The number of hydrazine groups is 1. The molecule has 2 heterocycles. The summed E-state index contributed by atoms with van der Waals surface area (Å²) in [7, 11) is 0. The molecule has 1 unspecified atom stereocenters. The molecule has 0 bridgehead atoms.